The molecule has 3 heteroatoms. The molecule has 0 aliphatic carbocycles. The number of likely N-dealkylation sites (tertiary alicyclic amines) is 1. The lowest BCUT2D eigenvalue weighted by molar-refractivity contribution is -0.154. The van der Waals surface area contributed by atoms with Crippen LogP contribution < -0.4 is 0 Å². The molecular weight excluding hydrogens is 214 g/mol. The minimum absolute atomic E-state index is 0.0109. The number of hydrogen-bond acceptors (Lipinski definition) is 3. The van der Waals surface area contributed by atoms with Crippen LogP contribution in [0.3, 0.4) is 0 Å². The van der Waals surface area contributed by atoms with Crippen LogP contribution >= 0.6 is 0 Å². The van der Waals surface area contributed by atoms with E-state index in [-0.39, 0.29) is 11.9 Å². The minimum Gasteiger partial charge on any atom is -0.465 e. The van der Waals surface area contributed by atoms with Gasteiger partial charge in [0.1, 0.15) is 0 Å². The summed E-state index contributed by atoms with van der Waals surface area (Å²) in [6.45, 7) is 3.45. The molecule has 0 radical (unpaired) electrons. The first-order chi connectivity index (χ1) is 8.33. The van der Waals surface area contributed by atoms with E-state index in [1.165, 1.54) is 5.56 Å². The zero-order chi connectivity index (χ0) is 11.7. The highest BCUT2D eigenvalue weighted by atomic mass is 16.5. The van der Waals surface area contributed by atoms with E-state index in [2.05, 4.69) is 29.2 Å². The molecule has 17 heavy (non-hydrogen) atoms. The predicted molar refractivity (Wildman–Crippen MR) is 64.3 cm³/mol. The second-order valence-electron chi connectivity index (χ2n) is 5.00. The number of carbonyl (C=O) groups is 1. The molecule has 0 aromatic heterocycles. The van der Waals surface area contributed by atoms with Crippen LogP contribution in [0, 0.1) is 11.8 Å². The smallest absolute Gasteiger partial charge is 0.310 e. The van der Waals surface area contributed by atoms with E-state index in [1.54, 1.807) is 0 Å². The zero-order valence-corrected chi connectivity index (χ0v) is 9.84. The van der Waals surface area contributed by atoms with Crippen LogP contribution in [0.2, 0.25) is 0 Å². The van der Waals surface area contributed by atoms with E-state index < -0.39 is 0 Å². The third kappa shape index (κ3) is 2.20. The van der Waals surface area contributed by atoms with Gasteiger partial charge in [0.15, 0.2) is 0 Å². The maximum absolute atomic E-state index is 11.6. The molecule has 0 unspecified atom stereocenters. The molecule has 0 amide bonds. The fourth-order valence-corrected chi connectivity index (χ4v) is 2.91. The van der Waals surface area contributed by atoms with Crippen LogP contribution in [0.4, 0.5) is 0 Å². The molecule has 0 spiro atoms. The maximum atomic E-state index is 11.6. The molecule has 0 saturated carbocycles. The molecule has 2 aliphatic heterocycles. The first-order valence-corrected chi connectivity index (χ1v) is 6.26. The van der Waals surface area contributed by atoms with Crippen molar-refractivity contribution in [1.82, 2.24) is 4.90 Å². The summed E-state index contributed by atoms with van der Waals surface area (Å²) in [6, 6.07) is 10.4. The highest BCUT2D eigenvalue weighted by Gasteiger charge is 2.40. The average Bonchev–Trinajstić information content (AvgIpc) is 2.74. The van der Waals surface area contributed by atoms with Crippen molar-refractivity contribution in [2.45, 2.75) is 13.0 Å². The van der Waals surface area contributed by atoms with Crippen LogP contribution in [0.15, 0.2) is 30.3 Å². The molecule has 1 aromatic carbocycles. The second-order valence-corrected chi connectivity index (χ2v) is 5.00. The van der Waals surface area contributed by atoms with Gasteiger partial charge in [0.05, 0.1) is 12.5 Å². The van der Waals surface area contributed by atoms with Gasteiger partial charge in [-0.05, 0) is 17.9 Å². The molecule has 2 saturated heterocycles. The monoisotopic (exact) mass is 231 g/mol. The standard InChI is InChI=1S/C14H17NO2/c16-14-13-10-15(9-12(13)6-7-17-14)8-11-4-2-1-3-5-11/h1-5,12-13H,6-10H2/t12-,13+/m0/s1. The SMILES string of the molecule is O=C1OCC[C@H]2CN(Cc3ccccc3)C[C@@H]12. The van der Waals surface area contributed by atoms with Crippen LogP contribution in [-0.2, 0) is 16.1 Å². The fourth-order valence-electron chi connectivity index (χ4n) is 2.91. The molecule has 3 rings (SSSR count). The highest BCUT2D eigenvalue weighted by molar-refractivity contribution is 5.74. The molecule has 90 valence electrons. The number of rotatable bonds is 2. The summed E-state index contributed by atoms with van der Waals surface area (Å²) in [6.07, 6.45) is 1.03. The van der Waals surface area contributed by atoms with Gasteiger partial charge in [0.25, 0.3) is 0 Å². The van der Waals surface area contributed by atoms with E-state index >= 15 is 0 Å². The van der Waals surface area contributed by atoms with E-state index in [4.69, 9.17) is 4.74 Å². The zero-order valence-electron chi connectivity index (χ0n) is 9.84. The number of hydrogen-bond donors (Lipinski definition) is 0. The first kappa shape index (κ1) is 10.8. The van der Waals surface area contributed by atoms with E-state index in [9.17, 15) is 4.79 Å². The van der Waals surface area contributed by atoms with Gasteiger partial charge < -0.3 is 4.74 Å². The van der Waals surface area contributed by atoms with Gasteiger partial charge in [0, 0.05) is 19.6 Å². The number of benzene rings is 1. The van der Waals surface area contributed by atoms with E-state index in [0.717, 1.165) is 26.1 Å². The molecule has 3 nitrogen and oxygen atoms in total. The number of nitrogens with zero attached hydrogens (tertiary/aromatic N) is 1. The highest BCUT2D eigenvalue weighted by Crippen LogP contribution is 2.31. The molecule has 2 fully saturated rings. The lowest BCUT2D eigenvalue weighted by Gasteiger charge is -2.22. The van der Waals surface area contributed by atoms with Crippen molar-refractivity contribution in [1.29, 1.82) is 0 Å². The van der Waals surface area contributed by atoms with Gasteiger partial charge in [0.2, 0.25) is 0 Å². The van der Waals surface area contributed by atoms with Gasteiger partial charge >= 0.3 is 5.97 Å². The van der Waals surface area contributed by atoms with Crippen molar-refractivity contribution in [2.75, 3.05) is 19.7 Å². The number of carbonyl (C=O) groups excluding carboxylic acids is 1. The Bertz CT molecular complexity index is 404. The van der Waals surface area contributed by atoms with Gasteiger partial charge in [-0.25, -0.2) is 0 Å². The van der Waals surface area contributed by atoms with Crippen molar-refractivity contribution in [3.8, 4) is 0 Å². The van der Waals surface area contributed by atoms with Crippen molar-refractivity contribution in [3.05, 3.63) is 35.9 Å². The van der Waals surface area contributed by atoms with E-state index in [1.807, 2.05) is 6.07 Å². The topological polar surface area (TPSA) is 29.5 Å². The van der Waals surface area contributed by atoms with Crippen LogP contribution in [0.5, 0.6) is 0 Å². The third-order valence-electron chi connectivity index (χ3n) is 3.80. The second kappa shape index (κ2) is 4.49. The Kier molecular flexibility index (Phi) is 2.85. The van der Waals surface area contributed by atoms with Crippen LogP contribution in [-0.4, -0.2) is 30.6 Å². The molecular formula is C14H17NO2. The number of cyclic esters (lactones) is 1. The first-order valence-electron chi connectivity index (χ1n) is 6.26. The fraction of sp³-hybridized carbons (Fsp3) is 0.500. The Morgan fingerprint density at radius 3 is 2.82 bits per heavy atom. The van der Waals surface area contributed by atoms with Gasteiger partial charge in [-0.2, -0.15) is 0 Å². The normalized spacial score (nSPS) is 28.8. The third-order valence-corrected chi connectivity index (χ3v) is 3.80. The summed E-state index contributed by atoms with van der Waals surface area (Å²) >= 11 is 0. The molecule has 2 atom stereocenters. The Morgan fingerprint density at radius 2 is 2.06 bits per heavy atom. The van der Waals surface area contributed by atoms with Gasteiger partial charge in [-0.1, -0.05) is 30.3 Å². The number of esters is 1. The predicted octanol–water partition coefficient (Wildman–Crippen LogP) is 1.68. The Hall–Kier alpha value is -1.35. The summed E-state index contributed by atoms with van der Waals surface area (Å²) < 4.78 is 5.12. The largest absolute Gasteiger partial charge is 0.465 e. The summed E-state index contributed by atoms with van der Waals surface area (Å²) in [7, 11) is 0. The Balaban J connectivity index is 1.66. The molecule has 1 aromatic rings. The lowest BCUT2D eigenvalue weighted by atomic mass is 9.91. The van der Waals surface area contributed by atoms with Crippen molar-refractivity contribution >= 4 is 5.97 Å². The lowest BCUT2D eigenvalue weighted by Crippen LogP contribution is -2.31. The minimum atomic E-state index is 0.0109. The summed E-state index contributed by atoms with van der Waals surface area (Å²) in [5, 5.41) is 0. The van der Waals surface area contributed by atoms with Gasteiger partial charge in [-0.3, -0.25) is 9.69 Å². The Labute approximate surface area is 101 Å². The van der Waals surface area contributed by atoms with Crippen molar-refractivity contribution in [3.63, 3.8) is 0 Å². The quantitative estimate of drug-likeness (QED) is 0.725. The van der Waals surface area contributed by atoms with Crippen molar-refractivity contribution < 1.29 is 9.53 Å². The summed E-state index contributed by atoms with van der Waals surface area (Å²) in [5.41, 5.74) is 1.32. The molecule has 0 N–H and O–H groups in total. The number of fused-ring (bicyclic) bond motifs is 1. The van der Waals surface area contributed by atoms with Crippen molar-refractivity contribution in [2.24, 2.45) is 11.8 Å². The van der Waals surface area contributed by atoms with Gasteiger partial charge in [-0.15, -0.1) is 0 Å². The Morgan fingerprint density at radius 1 is 1.24 bits per heavy atom. The molecule has 2 aliphatic rings. The summed E-state index contributed by atoms with van der Waals surface area (Å²) in [4.78, 5) is 14.0. The van der Waals surface area contributed by atoms with Crippen LogP contribution in [0.25, 0.3) is 0 Å². The van der Waals surface area contributed by atoms with E-state index in [0.29, 0.717) is 12.5 Å². The average molecular weight is 231 g/mol. The van der Waals surface area contributed by atoms with Crippen LogP contribution in [0.1, 0.15) is 12.0 Å². The molecule has 2 heterocycles. The maximum Gasteiger partial charge on any atom is 0.310 e. The summed E-state index contributed by atoms with van der Waals surface area (Å²) in [5.74, 6) is 0.643. The molecule has 0 bridgehead atoms. The number of ether oxygens (including phenoxy) is 1.